The number of hydrazine groups is 1. The summed E-state index contributed by atoms with van der Waals surface area (Å²) in [5.74, 6) is -0.0783. The van der Waals surface area contributed by atoms with Crippen molar-refractivity contribution >= 4 is 22.4 Å². The van der Waals surface area contributed by atoms with E-state index in [0.717, 1.165) is 40.4 Å². The summed E-state index contributed by atoms with van der Waals surface area (Å²) in [6.07, 6.45) is 5.14. The van der Waals surface area contributed by atoms with Crippen LogP contribution >= 0.6 is 0 Å². The highest BCUT2D eigenvalue weighted by Crippen LogP contribution is 2.24. The van der Waals surface area contributed by atoms with Gasteiger partial charge in [-0.15, -0.1) is 0 Å². The Bertz CT molecular complexity index is 1000. The molecule has 0 unspecified atom stereocenters. The monoisotopic (exact) mass is 356 g/mol. The molecule has 0 saturated heterocycles. The van der Waals surface area contributed by atoms with Crippen molar-refractivity contribution in [2.24, 2.45) is 0 Å². The number of benzene rings is 3. The van der Waals surface area contributed by atoms with Crippen LogP contribution in [0.3, 0.4) is 0 Å². The lowest BCUT2D eigenvalue weighted by atomic mass is 9.90. The largest absolute Gasteiger partial charge is 0.299 e. The Hall–Kier alpha value is -3.07. The zero-order chi connectivity index (χ0) is 18.6. The number of aryl methyl sites for hydroxylation is 2. The molecule has 3 aromatic carbocycles. The zero-order valence-corrected chi connectivity index (χ0v) is 15.4. The van der Waals surface area contributed by atoms with E-state index >= 15 is 0 Å². The molecule has 2 N–H and O–H groups in total. The second kappa shape index (κ2) is 7.67. The van der Waals surface area contributed by atoms with E-state index < -0.39 is 0 Å². The predicted molar refractivity (Wildman–Crippen MR) is 111 cm³/mol. The predicted octanol–water partition coefficient (Wildman–Crippen LogP) is 4.55. The molecule has 4 rings (SSSR count). The Morgan fingerprint density at radius 3 is 2.56 bits per heavy atom. The average molecular weight is 356 g/mol. The highest BCUT2D eigenvalue weighted by molar-refractivity contribution is 5.90. The molecule has 0 bridgehead atoms. The molecule has 0 saturated carbocycles. The first-order valence-electron chi connectivity index (χ1n) is 9.53. The van der Waals surface area contributed by atoms with Crippen molar-refractivity contribution in [1.82, 2.24) is 10.9 Å². The topological polar surface area (TPSA) is 41.1 Å². The lowest BCUT2D eigenvalue weighted by molar-refractivity contribution is -0.121. The van der Waals surface area contributed by atoms with Crippen molar-refractivity contribution < 1.29 is 4.79 Å². The maximum Gasteiger partial charge on any atom is 0.242 e. The van der Waals surface area contributed by atoms with E-state index in [1.807, 2.05) is 24.3 Å². The van der Waals surface area contributed by atoms with Crippen molar-refractivity contribution in [3.8, 4) is 0 Å². The third-order valence-electron chi connectivity index (χ3n) is 5.28. The van der Waals surface area contributed by atoms with Crippen LogP contribution in [0.4, 0.5) is 0 Å². The summed E-state index contributed by atoms with van der Waals surface area (Å²) in [4.78, 5) is 12.4. The van der Waals surface area contributed by atoms with E-state index in [4.69, 9.17) is 0 Å². The van der Waals surface area contributed by atoms with E-state index in [0.29, 0.717) is 6.42 Å². The Labute approximate surface area is 160 Å². The fourth-order valence-electron chi connectivity index (χ4n) is 3.80. The van der Waals surface area contributed by atoms with E-state index in [2.05, 4.69) is 53.8 Å². The Kier molecular flexibility index (Phi) is 4.93. The van der Waals surface area contributed by atoms with Crippen LogP contribution in [-0.2, 0) is 24.1 Å². The second-order valence-electron chi connectivity index (χ2n) is 7.16. The van der Waals surface area contributed by atoms with Gasteiger partial charge in [-0.1, -0.05) is 61.2 Å². The van der Waals surface area contributed by atoms with Crippen molar-refractivity contribution in [2.75, 3.05) is 0 Å². The van der Waals surface area contributed by atoms with E-state index in [9.17, 15) is 4.79 Å². The fraction of sp³-hybridized carbons (Fsp3) is 0.208. The first-order chi connectivity index (χ1) is 13.2. The average Bonchev–Trinajstić information content (AvgIpc) is 2.72. The Balaban J connectivity index is 1.39. The summed E-state index contributed by atoms with van der Waals surface area (Å²) in [6, 6.07) is 20.6. The standard InChI is InChI=1S/C24H24N2O/c1-17(20-14-13-18-7-2-3-9-21(18)15-20)25-26-24(27)16-22-11-6-10-19-8-4-5-12-23(19)22/h4-6,8,10-15,25H,1-3,7,9,16H2,(H,26,27). The van der Waals surface area contributed by atoms with Gasteiger partial charge in [-0.05, 0) is 64.8 Å². The summed E-state index contributed by atoms with van der Waals surface area (Å²) in [5.41, 5.74) is 11.4. The van der Waals surface area contributed by atoms with Gasteiger partial charge in [0.25, 0.3) is 0 Å². The molecule has 0 spiro atoms. The SMILES string of the molecule is C=C(NNC(=O)Cc1cccc2ccccc12)c1ccc2c(c1)CCCC2. The first kappa shape index (κ1) is 17.3. The third-order valence-corrected chi connectivity index (χ3v) is 5.28. The Morgan fingerprint density at radius 2 is 1.67 bits per heavy atom. The van der Waals surface area contributed by atoms with Gasteiger partial charge in [0.05, 0.1) is 12.1 Å². The van der Waals surface area contributed by atoms with Crippen LogP contribution in [0.15, 0.2) is 67.2 Å². The molecule has 1 amide bonds. The highest BCUT2D eigenvalue weighted by Gasteiger charge is 2.11. The van der Waals surface area contributed by atoms with Crippen molar-refractivity contribution in [3.63, 3.8) is 0 Å². The van der Waals surface area contributed by atoms with E-state index in [1.165, 1.54) is 24.0 Å². The van der Waals surface area contributed by atoms with Crippen LogP contribution in [0.5, 0.6) is 0 Å². The van der Waals surface area contributed by atoms with E-state index in [1.54, 1.807) is 0 Å². The molecular formula is C24H24N2O. The van der Waals surface area contributed by atoms with Crippen LogP contribution in [0.25, 0.3) is 16.5 Å². The van der Waals surface area contributed by atoms with Gasteiger partial charge in [0.1, 0.15) is 0 Å². The minimum absolute atomic E-state index is 0.0783. The van der Waals surface area contributed by atoms with Crippen LogP contribution in [0.2, 0.25) is 0 Å². The summed E-state index contributed by atoms with van der Waals surface area (Å²) in [6.45, 7) is 4.08. The number of fused-ring (bicyclic) bond motifs is 2. The van der Waals surface area contributed by atoms with Gasteiger partial charge in [0.2, 0.25) is 5.91 Å². The number of hydrogen-bond donors (Lipinski definition) is 2. The van der Waals surface area contributed by atoms with Gasteiger partial charge in [-0.25, -0.2) is 0 Å². The van der Waals surface area contributed by atoms with Gasteiger partial charge in [0, 0.05) is 0 Å². The quantitative estimate of drug-likeness (QED) is 0.658. The lowest BCUT2D eigenvalue weighted by Crippen LogP contribution is -2.36. The Morgan fingerprint density at radius 1 is 0.889 bits per heavy atom. The van der Waals surface area contributed by atoms with Crippen LogP contribution in [-0.4, -0.2) is 5.91 Å². The number of nitrogens with one attached hydrogen (secondary N) is 2. The highest BCUT2D eigenvalue weighted by atomic mass is 16.2. The maximum absolute atomic E-state index is 12.4. The van der Waals surface area contributed by atoms with Crippen LogP contribution in [0, 0.1) is 0 Å². The third kappa shape index (κ3) is 3.87. The zero-order valence-electron chi connectivity index (χ0n) is 15.4. The smallest absolute Gasteiger partial charge is 0.242 e. The molecule has 1 aliphatic carbocycles. The fourth-order valence-corrected chi connectivity index (χ4v) is 3.80. The summed E-state index contributed by atoms with van der Waals surface area (Å²) >= 11 is 0. The molecule has 0 fully saturated rings. The van der Waals surface area contributed by atoms with Gasteiger partial charge >= 0.3 is 0 Å². The molecule has 0 aromatic heterocycles. The molecule has 0 heterocycles. The minimum atomic E-state index is -0.0783. The van der Waals surface area contributed by atoms with Crippen LogP contribution < -0.4 is 10.9 Å². The molecule has 136 valence electrons. The van der Waals surface area contributed by atoms with Crippen LogP contribution in [0.1, 0.15) is 35.1 Å². The molecule has 27 heavy (non-hydrogen) atoms. The molecule has 3 heteroatoms. The molecule has 3 aromatic rings. The summed E-state index contributed by atoms with van der Waals surface area (Å²) in [7, 11) is 0. The molecule has 0 aliphatic heterocycles. The van der Waals surface area contributed by atoms with Gasteiger partial charge in [0.15, 0.2) is 0 Å². The number of hydrogen-bond acceptors (Lipinski definition) is 2. The maximum atomic E-state index is 12.4. The number of carbonyl (C=O) groups excluding carboxylic acids is 1. The van der Waals surface area contributed by atoms with Crippen molar-refractivity contribution in [2.45, 2.75) is 32.1 Å². The van der Waals surface area contributed by atoms with Crippen molar-refractivity contribution in [3.05, 3.63) is 89.5 Å². The van der Waals surface area contributed by atoms with Gasteiger partial charge in [-0.2, -0.15) is 0 Å². The second-order valence-corrected chi connectivity index (χ2v) is 7.16. The number of rotatable bonds is 5. The summed E-state index contributed by atoms with van der Waals surface area (Å²) < 4.78 is 0. The minimum Gasteiger partial charge on any atom is -0.299 e. The molecular weight excluding hydrogens is 332 g/mol. The number of amides is 1. The molecule has 1 aliphatic rings. The van der Waals surface area contributed by atoms with Crippen molar-refractivity contribution in [1.29, 1.82) is 0 Å². The van der Waals surface area contributed by atoms with E-state index in [-0.39, 0.29) is 5.91 Å². The first-order valence-corrected chi connectivity index (χ1v) is 9.53. The van der Waals surface area contributed by atoms with Gasteiger partial charge < -0.3 is 0 Å². The number of carbonyl (C=O) groups is 1. The normalized spacial score (nSPS) is 13.0. The summed E-state index contributed by atoms with van der Waals surface area (Å²) in [5, 5.41) is 2.26. The van der Waals surface area contributed by atoms with Gasteiger partial charge in [-0.3, -0.25) is 15.6 Å². The molecule has 0 atom stereocenters. The lowest BCUT2D eigenvalue weighted by Gasteiger charge is -2.18. The molecule has 0 radical (unpaired) electrons. The molecule has 3 nitrogen and oxygen atoms in total.